The standard InChI is InChI=1S/C20H28F2N4O4S2.H2S/c1-10(2)13-7-12(30-17(21)22)8-14(11(3)4)16(13)25-18(27)26-32(23,29)19-24-9-15(31-19)20(5,6)28;/h7-11,17,28H,1-6H3,(H3,23,25,26,27,29);1H2. The molecule has 1 unspecified atom stereocenters. The Balaban J connectivity index is 0.00000544. The summed E-state index contributed by atoms with van der Waals surface area (Å²) in [6, 6.07) is 1.88. The number of rotatable bonds is 7. The van der Waals surface area contributed by atoms with Crippen LogP contribution in [0, 0.1) is 0 Å². The van der Waals surface area contributed by atoms with Gasteiger partial charge in [-0.3, -0.25) is 0 Å². The van der Waals surface area contributed by atoms with Crippen LogP contribution in [-0.4, -0.2) is 26.9 Å². The van der Waals surface area contributed by atoms with Gasteiger partial charge in [-0.1, -0.05) is 27.7 Å². The van der Waals surface area contributed by atoms with E-state index in [1.807, 2.05) is 27.7 Å². The number of halogens is 2. The maximum absolute atomic E-state index is 12.9. The first-order valence-electron chi connectivity index (χ1n) is 9.79. The smallest absolute Gasteiger partial charge is 0.387 e. The number of anilines is 1. The number of carbonyl (C=O) groups excluding carboxylic acids is 1. The molecule has 1 heterocycles. The van der Waals surface area contributed by atoms with Gasteiger partial charge in [0.2, 0.25) is 4.34 Å². The number of aliphatic hydroxyl groups is 1. The lowest BCUT2D eigenvalue weighted by atomic mass is 9.92. The van der Waals surface area contributed by atoms with E-state index in [1.54, 1.807) is 0 Å². The Morgan fingerprint density at radius 3 is 2.15 bits per heavy atom. The summed E-state index contributed by atoms with van der Waals surface area (Å²) < 4.78 is 46.4. The third kappa shape index (κ3) is 7.60. The largest absolute Gasteiger partial charge is 0.435 e. The van der Waals surface area contributed by atoms with Crippen molar-refractivity contribution in [2.75, 3.05) is 5.32 Å². The molecule has 1 atom stereocenters. The number of benzene rings is 1. The lowest BCUT2D eigenvalue weighted by Gasteiger charge is -2.21. The Kier molecular flexibility index (Phi) is 9.82. The van der Waals surface area contributed by atoms with Crippen LogP contribution in [-0.2, 0) is 15.5 Å². The zero-order chi connectivity index (χ0) is 24.4. The van der Waals surface area contributed by atoms with Gasteiger partial charge in [-0.25, -0.2) is 19.1 Å². The molecule has 0 aliphatic carbocycles. The van der Waals surface area contributed by atoms with Crippen molar-refractivity contribution in [3.8, 4) is 5.75 Å². The van der Waals surface area contributed by atoms with E-state index in [1.165, 1.54) is 32.2 Å². The van der Waals surface area contributed by atoms with Crippen molar-refractivity contribution in [3.05, 3.63) is 34.3 Å². The van der Waals surface area contributed by atoms with Gasteiger partial charge in [-0.15, -0.1) is 15.7 Å². The Labute approximate surface area is 203 Å². The molecule has 8 nitrogen and oxygen atoms in total. The van der Waals surface area contributed by atoms with E-state index in [0.717, 1.165) is 11.3 Å². The molecule has 13 heteroatoms. The Bertz CT molecular complexity index is 1080. The summed E-state index contributed by atoms with van der Waals surface area (Å²) in [6.07, 6.45) is 1.33. The second-order valence-corrected chi connectivity index (χ2v) is 11.3. The molecule has 2 aromatic rings. The first-order valence-corrected chi connectivity index (χ1v) is 12.2. The van der Waals surface area contributed by atoms with Crippen LogP contribution in [0.4, 0.5) is 19.3 Å². The number of carbonyl (C=O) groups is 1. The van der Waals surface area contributed by atoms with Crippen LogP contribution in [0.3, 0.4) is 0 Å². The minimum atomic E-state index is -3.67. The third-order valence-corrected chi connectivity index (χ3v) is 7.54. The zero-order valence-electron chi connectivity index (χ0n) is 19.2. The molecule has 0 bridgehead atoms. The molecule has 0 saturated carbocycles. The van der Waals surface area contributed by atoms with Gasteiger partial charge in [0, 0.05) is 11.9 Å². The number of thiazole rings is 1. The molecule has 186 valence electrons. The summed E-state index contributed by atoms with van der Waals surface area (Å²) in [7, 11) is -3.67. The van der Waals surface area contributed by atoms with Gasteiger partial charge < -0.3 is 15.2 Å². The number of aromatic nitrogens is 1. The number of alkyl halides is 2. The summed E-state index contributed by atoms with van der Waals surface area (Å²) in [4.78, 5) is 17.0. The van der Waals surface area contributed by atoms with E-state index in [-0.39, 0.29) is 35.4 Å². The second-order valence-electron chi connectivity index (χ2n) is 8.30. The molecule has 33 heavy (non-hydrogen) atoms. The number of ether oxygens (including phenoxy) is 1. The molecule has 2 amide bonds. The molecule has 0 aliphatic heterocycles. The highest BCUT2D eigenvalue weighted by atomic mass is 32.2. The molecular weight excluding hydrogens is 494 g/mol. The summed E-state index contributed by atoms with van der Waals surface area (Å²) in [6.45, 7) is 7.41. The van der Waals surface area contributed by atoms with E-state index in [9.17, 15) is 22.9 Å². The van der Waals surface area contributed by atoms with Gasteiger partial charge >= 0.3 is 12.6 Å². The number of urea groups is 1. The summed E-state index contributed by atoms with van der Waals surface area (Å²) in [5.41, 5.74) is 0.264. The molecule has 0 radical (unpaired) electrons. The van der Waals surface area contributed by atoms with Crippen LogP contribution >= 0.6 is 24.8 Å². The summed E-state index contributed by atoms with van der Waals surface area (Å²) >= 11 is 0.896. The molecule has 1 aromatic heterocycles. The SMILES string of the molecule is CC(C)c1cc(OC(F)F)cc(C(C)C)c1NC(=O)N=S(N)(=O)c1ncc(C(C)(C)O)s1.S. The number of hydrogen-bond donors (Lipinski definition) is 3. The first-order chi connectivity index (χ1) is 14.6. The van der Waals surface area contributed by atoms with E-state index < -0.39 is 28.2 Å². The van der Waals surface area contributed by atoms with E-state index >= 15 is 0 Å². The predicted molar refractivity (Wildman–Crippen MR) is 131 cm³/mol. The molecule has 0 spiro atoms. The van der Waals surface area contributed by atoms with Gasteiger partial charge in [0.1, 0.15) is 5.75 Å². The maximum Gasteiger partial charge on any atom is 0.387 e. The highest BCUT2D eigenvalue weighted by Crippen LogP contribution is 2.37. The quantitative estimate of drug-likeness (QED) is 0.455. The van der Waals surface area contributed by atoms with Crippen molar-refractivity contribution in [1.29, 1.82) is 0 Å². The van der Waals surface area contributed by atoms with Gasteiger partial charge in [-0.05, 0) is 48.9 Å². The lowest BCUT2D eigenvalue weighted by molar-refractivity contribution is -0.0499. The fourth-order valence-electron chi connectivity index (χ4n) is 2.85. The highest BCUT2D eigenvalue weighted by molar-refractivity contribution is 7.93. The van der Waals surface area contributed by atoms with Crippen LogP contribution in [0.5, 0.6) is 5.75 Å². The minimum absolute atomic E-state index is 0. The van der Waals surface area contributed by atoms with Crippen LogP contribution in [0.1, 0.15) is 69.4 Å². The van der Waals surface area contributed by atoms with E-state index in [2.05, 4.69) is 19.4 Å². The number of hydrogen-bond acceptors (Lipinski definition) is 6. The fourth-order valence-corrected chi connectivity index (χ4v) is 4.93. The Morgan fingerprint density at radius 1 is 1.24 bits per heavy atom. The minimum Gasteiger partial charge on any atom is -0.435 e. The summed E-state index contributed by atoms with van der Waals surface area (Å²) in [5, 5.41) is 18.4. The number of nitrogens with one attached hydrogen (secondary N) is 1. The highest BCUT2D eigenvalue weighted by Gasteiger charge is 2.24. The maximum atomic E-state index is 12.9. The van der Waals surface area contributed by atoms with Crippen molar-refractivity contribution in [2.24, 2.45) is 9.50 Å². The Hall–Kier alpha value is -1.80. The second kappa shape index (κ2) is 11.1. The van der Waals surface area contributed by atoms with E-state index in [4.69, 9.17) is 5.14 Å². The number of nitrogens with zero attached hydrogens (tertiary/aromatic N) is 2. The molecule has 0 saturated heterocycles. The van der Waals surface area contributed by atoms with Gasteiger partial charge in [0.05, 0.1) is 10.5 Å². The Morgan fingerprint density at radius 2 is 1.76 bits per heavy atom. The molecule has 2 rings (SSSR count). The number of amides is 2. The third-order valence-electron chi connectivity index (χ3n) is 4.43. The average molecular weight is 525 g/mol. The number of nitrogens with two attached hydrogens (primary N) is 1. The normalized spacial score (nSPS) is 13.6. The molecular formula is C20H30F2N4O4S3. The van der Waals surface area contributed by atoms with Crippen molar-refractivity contribution in [2.45, 2.75) is 69.9 Å². The lowest BCUT2D eigenvalue weighted by Crippen LogP contribution is -2.19. The monoisotopic (exact) mass is 524 g/mol. The van der Waals surface area contributed by atoms with Crippen molar-refractivity contribution < 1.29 is 27.6 Å². The van der Waals surface area contributed by atoms with Crippen LogP contribution in [0.15, 0.2) is 27.0 Å². The molecule has 4 N–H and O–H groups in total. The topological polar surface area (TPSA) is 127 Å². The van der Waals surface area contributed by atoms with Crippen molar-refractivity contribution >= 4 is 46.5 Å². The van der Waals surface area contributed by atoms with Crippen LogP contribution in [0.25, 0.3) is 0 Å². The van der Waals surface area contributed by atoms with Gasteiger partial charge in [-0.2, -0.15) is 22.3 Å². The van der Waals surface area contributed by atoms with Gasteiger partial charge in [0.25, 0.3) is 0 Å². The first kappa shape index (κ1) is 29.2. The van der Waals surface area contributed by atoms with Gasteiger partial charge in [0.15, 0.2) is 9.92 Å². The van der Waals surface area contributed by atoms with Crippen molar-refractivity contribution in [3.63, 3.8) is 0 Å². The van der Waals surface area contributed by atoms with E-state index in [0.29, 0.717) is 21.7 Å². The van der Waals surface area contributed by atoms with Crippen LogP contribution in [0.2, 0.25) is 0 Å². The average Bonchev–Trinajstić information content (AvgIpc) is 3.12. The summed E-state index contributed by atoms with van der Waals surface area (Å²) in [5.74, 6) is -0.328. The molecule has 1 aromatic carbocycles. The molecule has 0 aliphatic rings. The fraction of sp³-hybridized carbons (Fsp3) is 0.500. The van der Waals surface area contributed by atoms with Crippen LogP contribution < -0.4 is 15.2 Å². The zero-order valence-corrected chi connectivity index (χ0v) is 21.8. The predicted octanol–water partition coefficient (Wildman–Crippen LogP) is 5.26. The molecule has 0 fully saturated rings. The van der Waals surface area contributed by atoms with Crippen molar-refractivity contribution in [1.82, 2.24) is 4.98 Å².